The Labute approximate surface area is 223 Å². The van der Waals surface area contributed by atoms with Crippen LogP contribution in [0, 0.1) is 12.8 Å². The minimum atomic E-state index is -0.625. The van der Waals surface area contributed by atoms with Crippen molar-refractivity contribution in [2.24, 2.45) is 11.7 Å². The first-order chi connectivity index (χ1) is 18.4. The quantitative estimate of drug-likeness (QED) is 0.409. The number of fused-ring (bicyclic) bond motifs is 1. The number of rotatable bonds is 7. The lowest BCUT2D eigenvalue weighted by molar-refractivity contribution is 0.0990. The Kier molecular flexibility index (Phi) is 6.55. The van der Waals surface area contributed by atoms with E-state index in [1.165, 1.54) is 53.9 Å². The molecule has 2 atom stereocenters. The average molecular weight is 507 g/mol. The molecule has 2 aliphatic heterocycles. The van der Waals surface area contributed by atoms with Crippen molar-refractivity contribution < 1.29 is 4.79 Å². The molecule has 1 unspecified atom stereocenters. The predicted octanol–water partition coefficient (Wildman–Crippen LogP) is 4.07. The molecule has 1 aromatic heterocycles. The van der Waals surface area contributed by atoms with Crippen molar-refractivity contribution in [3.63, 3.8) is 0 Å². The number of likely N-dealkylation sites (tertiary alicyclic amines) is 2. The smallest absolute Gasteiger partial charge is 0.288 e. The van der Waals surface area contributed by atoms with Gasteiger partial charge >= 0.3 is 0 Å². The second-order valence-corrected chi connectivity index (χ2v) is 10.8. The molecule has 6 rings (SSSR count). The third-order valence-corrected chi connectivity index (χ3v) is 8.05. The van der Waals surface area contributed by atoms with Crippen molar-refractivity contribution in [1.29, 1.82) is 0 Å². The molecule has 2 saturated heterocycles. The summed E-state index contributed by atoms with van der Waals surface area (Å²) in [4.78, 5) is 20.6. The van der Waals surface area contributed by atoms with Gasteiger partial charge in [-0.1, -0.05) is 60.7 Å². The molecule has 7 heteroatoms. The van der Waals surface area contributed by atoms with Gasteiger partial charge in [-0.05, 0) is 79.2 Å². The summed E-state index contributed by atoms with van der Waals surface area (Å²) in [6, 6.07) is 26.8. The van der Waals surface area contributed by atoms with Gasteiger partial charge in [0, 0.05) is 25.7 Å². The number of carbonyl (C=O) groups is 1. The molecule has 4 aromatic rings. The zero-order valence-corrected chi connectivity index (χ0v) is 22.0. The molecule has 0 radical (unpaired) electrons. The number of amides is 1. The molecule has 7 nitrogen and oxygen atoms in total. The van der Waals surface area contributed by atoms with Crippen LogP contribution in [0.1, 0.15) is 39.6 Å². The van der Waals surface area contributed by atoms with E-state index in [2.05, 4.69) is 87.6 Å². The van der Waals surface area contributed by atoms with Crippen molar-refractivity contribution in [2.45, 2.75) is 32.4 Å². The fourth-order valence-electron chi connectivity index (χ4n) is 6.04. The Morgan fingerprint density at radius 2 is 1.50 bits per heavy atom. The second kappa shape index (κ2) is 10.2. The number of carbonyl (C=O) groups excluding carboxylic acids is 1. The third kappa shape index (κ3) is 4.99. The first kappa shape index (κ1) is 24.5. The number of aromatic nitrogens is 3. The third-order valence-electron chi connectivity index (χ3n) is 8.05. The number of likely N-dealkylation sites (N-methyl/N-ethyl adjacent to an activating group) is 1. The van der Waals surface area contributed by atoms with Gasteiger partial charge in [0.25, 0.3) is 5.91 Å². The summed E-state index contributed by atoms with van der Waals surface area (Å²) >= 11 is 0. The Morgan fingerprint density at radius 1 is 0.895 bits per heavy atom. The molecule has 194 valence electrons. The van der Waals surface area contributed by atoms with Crippen LogP contribution < -0.4 is 5.73 Å². The van der Waals surface area contributed by atoms with Gasteiger partial charge in [0.15, 0.2) is 0 Å². The second-order valence-electron chi connectivity index (χ2n) is 10.8. The summed E-state index contributed by atoms with van der Waals surface area (Å²) in [5.74, 6) is 0.884. The number of nitrogens with two attached hydrogens (primary N) is 1. The zero-order chi connectivity index (χ0) is 26.2. The fourth-order valence-corrected chi connectivity index (χ4v) is 6.04. The van der Waals surface area contributed by atoms with Crippen molar-refractivity contribution in [1.82, 2.24) is 24.6 Å². The van der Waals surface area contributed by atoms with Crippen LogP contribution in [-0.2, 0) is 13.0 Å². The van der Waals surface area contributed by atoms with Crippen molar-refractivity contribution >= 4 is 5.91 Å². The Hall–Kier alpha value is -3.81. The van der Waals surface area contributed by atoms with E-state index in [1.54, 1.807) is 11.6 Å². The molecule has 2 fully saturated rings. The molecule has 1 amide bonds. The van der Waals surface area contributed by atoms with Gasteiger partial charge in [0.05, 0.1) is 5.69 Å². The maximum Gasteiger partial charge on any atom is 0.288 e. The van der Waals surface area contributed by atoms with Gasteiger partial charge < -0.3 is 10.6 Å². The van der Waals surface area contributed by atoms with E-state index in [0.29, 0.717) is 5.82 Å². The van der Waals surface area contributed by atoms with Crippen LogP contribution >= 0.6 is 0 Å². The monoisotopic (exact) mass is 506 g/mol. The number of benzene rings is 3. The van der Waals surface area contributed by atoms with Crippen LogP contribution in [-0.4, -0.2) is 63.2 Å². The van der Waals surface area contributed by atoms with E-state index in [9.17, 15) is 4.79 Å². The number of primary amides is 1. The molecule has 3 heterocycles. The van der Waals surface area contributed by atoms with Crippen molar-refractivity contribution in [2.75, 3.05) is 26.7 Å². The normalized spacial score (nSPS) is 19.6. The van der Waals surface area contributed by atoms with Crippen LogP contribution in [0.2, 0.25) is 0 Å². The Morgan fingerprint density at radius 3 is 2.11 bits per heavy atom. The molecule has 2 aliphatic rings. The van der Waals surface area contributed by atoms with E-state index in [1.807, 2.05) is 12.1 Å². The van der Waals surface area contributed by atoms with Gasteiger partial charge in [-0.15, -0.1) is 5.10 Å². The standard InChI is InChI=1S/C31H34N6O/c1-21-33-31(30(32)38)34-37(21)28-13-7-23(8-14-28)17-22-3-9-25(10-4-22)26-11-5-24(6-12-26)18-36-16-15-27-19-35(2)20-29(27)36/h3-14,27,29H,15-20H2,1-2H3,(H2,32,38)/t27-,29?/m0/s1. The summed E-state index contributed by atoms with van der Waals surface area (Å²) in [6.45, 7) is 6.54. The van der Waals surface area contributed by atoms with E-state index < -0.39 is 5.91 Å². The molecule has 0 bridgehead atoms. The highest BCUT2D eigenvalue weighted by molar-refractivity contribution is 5.88. The van der Waals surface area contributed by atoms with Crippen molar-refractivity contribution in [3.8, 4) is 16.8 Å². The predicted molar refractivity (Wildman–Crippen MR) is 149 cm³/mol. The van der Waals surface area contributed by atoms with Crippen LogP contribution in [0.15, 0.2) is 72.8 Å². The topological polar surface area (TPSA) is 80.3 Å². The summed E-state index contributed by atoms with van der Waals surface area (Å²) in [6.07, 6.45) is 2.18. The Balaban J connectivity index is 1.08. The van der Waals surface area contributed by atoms with E-state index in [4.69, 9.17) is 5.73 Å². The lowest BCUT2D eigenvalue weighted by Crippen LogP contribution is -2.33. The lowest BCUT2D eigenvalue weighted by atomic mass is 9.99. The molecule has 38 heavy (non-hydrogen) atoms. The molecule has 2 N–H and O–H groups in total. The fraction of sp³-hybridized carbons (Fsp3) is 0.323. The van der Waals surface area contributed by atoms with Crippen LogP contribution in [0.25, 0.3) is 16.8 Å². The summed E-state index contributed by atoms with van der Waals surface area (Å²) in [7, 11) is 2.25. The first-order valence-electron chi connectivity index (χ1n) is 13.4. The SMILES string of the molecule is Cc1nc(C(N)=O)nn1-c1ccc(Cc2ccc(-c3ccc(CN4CC[C@H]5CN(C)CC54)cc3)cc2)cc1. The number of nitrogens with zero attached hydrogens (tertiary/aromatic N) is 5. The average Bonchev–Trinajstić information content (AvgIpc) is 3.60. The van der Waals surface area contributed by atoms with Gasteiger partial charge in [-0.25, -0.2) is 9.67 Å². The van der Waals surface area contributed by atoms with E-state index in [0.717, 1.165) is 30.6 Å². The van der Waals surface area contributed by atoms with Crippen LogP contribution in [0.4, 0.5) is 0 Å². The molecular formula is C31H34N6O. The largest absolute Gasteiger partial charge is 0.363 e. The Bertz CT molecular complexity index is 1420. The van der Waals surface area contributed by atoms with Gasteiger partial charge in [-0.3, -0.25) is 9.69 Å². The number of aryl methyl sites for hydroxylation is 1. The highest BCUT2D eigenvalue weighted by Crippen LogP contribution is 2.32. The highest BCUT2D eigenvalue weighted by atomic mass is 16.1. The van der Waals surface area contributed by atoms with Crippen LogP contribution in [0.3, 0.4) is 0 Å². The van der Waals surface area contributed by atoms with Gasteiger partial charge in [0.2, 0.25) is 5.82 Å². The maximum absolute atomic E-state index is 11.4. The van der Waals surface area contributed by atoms with Gasteiger partial charge in [0.1, 0.15) is 5.82 Å². The lowest BCUT2D eigenvalue weighted by Gasteiger charge is -2.24. The number of hydrogen-bond acceptors (Lipinski definition) is 5. The molecule has 0 aliphatic carbocycles. The number of hydrogen-bond donors (Lipinski definition) is 1. The minimum absolute atomic E-state index is 0.0307. The van der Waals surface area contributed by atoms with Crippen molar-refractivity contribution in [3.05, 3.63) is 101 Å². The van der Waals surface area contributed by atoms with Gasteiger partial charge in [-0.2, -0.15) is 0 Å². The van der Waals surface area contributed by atoms with E-state index in [-0.39, 0.29) is 5.82 Å². The zero-order valence-electron chi connectivity index (χ0n) is 22.0. The minimum Gasteiger partial charge on any atom is -0.363 e. The molecule has 3 aromatic carbocycles. The van der Waals surface area contributed by atoms with Crippen LogP contribution in [0.5, 0.6) is 0 Å². The molecular weight excluding hydrogens is 472 g/mol. The first-order valence-corrected chi connectivity index (χ1v) is 13.4. The summed E-state index contributed by atoms with van der Waals surface area (Å²) < 4.78 is 1.64. The summed E-state index contributed by atoms with van der Waals surface area (Å²) in [5, 5.41) is 4.20. The highest BCUT2D eigenvalue weighted by Gasteiger charge is 2.39. The van der Waals surface area contributed by atoms with E-state index >= 15 is 0 Å². The summed E-state index contributed by atoms with van der Waals surface area (Å²) in [5.41, 5.74) is 12.5. The maximum atomic E-state index is 11.4. The molecule has 0 saturated carbocycles. The molecule has 0 spiro atoms.